The van der Waals surface area contributed by atoms with Gasteiger partial charge in [0.05, 0.1) is 18.9 Å². The van der Waals surface area contributed by atoms with Crippen LogP contribution in [0.1, 0.15) is 31.9 Å². The van der Waals surface area contributed by atoms with Crippen LogP contribution in [-0.4, -0.2) is 21.5 Å². The van der Waals surface area contributed by atoms with E-state index in [-0.39, 0.29) is 0 Å². The summed E-state index contributed by atoms with van der Waals surface area (Å²) in [5, 5.41) is 6.68. The van der Waals surface area contributed by atoms with E-state index >= 15 is 0 Å². The lowest BCUT2D eigenvalue weighted by atomic mass is 10.4. The van der Waals surface area contributed by atoms with Crippen LogP contribution in [0, 0.1) is 0 Å². The first-order valence-corrected chi connectivity index (χ1v) is 7.04. The van der Waals surface area contributed by atoms with E-state index in [0.717, 1.165) is 25.1 Å². The molecule has 6 nitrogen and oxygen atoms in total. The molecule has 0 aliphatic carbocycles. The average Bonchev–Trinajstić information content (AvgIpc) is 2.93. The lowest BCUT2D eigenvalue weighted by Crippen LogP contribution is -2.08. The molecule has 2 heterocycles. The molecule has 0 amide bonds. The zero-order valence-electron chi connectivity index (χ0n) is 11.6. The molecule has 2 aromatic rings. The molecule has 0 aromatic carbocycles. The van der Waals surface area contributed by atoms with Gasteiger partial charge in [-0.25, -0.2) is 9.97 Å². The van der Waals surface area contributed by atoms with Crippen molar-refractivity contribution in [3.05, 3.63) is 29.1 Å². The molecule has 0 spiro atoms. The van der Waals surface area contributed by atoms with Gasteiger partial charge in [-0.05, 0) is 6.42 Å². The monoisotopic (exact) mass is 295 g/mol. The van der Waals surface area contributed by atoms with E-state index in [1.54, 1.807) is 12.4 Å². The maximum atomic E-state index is 6.06. The van der Waals surface area contributed by atoms with Crippen LogP contribution in [0.4, 0.5) is 11.8 Å². The van der Waals surface area contributed by atoms with Crippen molar-refractivity contribution in [2.24, 2.45) is 0 Å². The van der Waals surface area contributed by atoms with Crippen LogP contribution in [0.5, 0.6) is 0 Å². The summed E-state index contributed by atoms with van der Waals surface area (Å²) in [5.41, 5.74) is 0. The molecule has 0 atom stereocenters. The Labute approximate surface area is 123 Å². The Morgan fingerprint density at radius 1 is 1.20 bits per heavy atom. The summed E-state index contributed by atoms with van der Waals surface area (Å²) in [6.07, 6.45) is 5.13. The maximum Gasteiger partial charge on any atom is 0.224 e. The van der Waals surface area contributed by atoms with Gasteiger partial charge in [-0.1, -0.05) is 25.4 Å². The number of nitrogens with one attached hydrogen (secondary N) is 2. The predicted octanol–water partition coefficient (Wildman–Crippen LogP) is 3.11. The molecule has 0 saturated heterocycles. The standard InChI is InChI=1S/C13H18ClN5O/c1-3-5-15-13-18-7-10(14)12(19-13)17-8-11-16-6-9(4-2)20-11/h6-7H,3-5,8H2,1-2H3,(H2,15,17,18,19). The quantitative estimate of drug-likeness (QED) is 0.817. The Balaban J connectivity index is 2.00. The zero-order valence-corrected chi connectivity index (χ0v) is 12.4. The van der Waals surface area contributed by atoms with E-state index in [0.29, 0.717) is 29.2 Å². The second-order valence-electron chi connectivity index (χ2n) is 4.24. The largest absolute Gasteiger partial charge is 0.444 e. The van der Waals surface area contributed by atoms with Crippen molar-refractivity contribution in [3.63, 3.8) is 0 Å². The van der Waals surface area contributed by atoms with Gasteiger partial charge >= 0.3 is 0 Å². The topological polar surface area (TPSA) is 75.9 Å². The molecule has 0 bridgehead atoms. The van der Waals surface area contributed by atoms with Crippen molar-refractivity contribution >= 4 is 23.4 Å². The number of aryl methyl sites for hydroxylation is 1. The number of halogens is 1. The number of nitrogens with zero attached hydrogens (tertiary/aromatic N) is 3. The summed E-state index contributed by atoms with van der Waals surface area (Å²) in [7, 11) is 0. The van der Waals surface area contributed by atoms with Crippen molar-refractivity contribution in [3.8, 4) is 0 Å². The van der Waals surface area contributed by atoms with E-state index in [1.165, 1.54) is 0 Å². The SMILES string of the molecule is CCCNc1ncc(Cl)c(NCc2ncc(CC)o2)n1. The third-order valence-corrected chi connectivity index (χ3v) is 2.91. The van der Waals surface area contributed by atoms with Gasteiger partial charge in [-0.2, -0.15) is 4.98 Å². The number of hydrogen-bond acceptors (Lipinski definition) is 6. The van der Waals surface area contributed by atoms with Crippen LogP contribution in [0.25, 0.3) is 0 Å². The first kappa shape index (κ1) is 14.6. The van der Waals surface area contributed by atoms with Crippen LogP contribution < -0.4 is 10.6 Å². The lowest BCUT2D eigenvalue weighted by Gasteiger charge is -2.08. The highest BCUT2D eigenvalue weighted by atomic mass is 35.5. The molecular formula is C13H18ClN5O. The minimum absolute atomic E-state index is 0.434. The molecule has 0 radical (unpaired) electrons. The smallest absolute Gasteiger partial charge is 0.224 e. The van der Waals surface area contributed by atoms with Crippen LogP contribution in [0.2, 0.25) is 5.02 Å². The number of rotatable bonds is 7. The molecule has 20 heavy (non-hydrogen) atoms. The summed E-state index contributed by atoms with van der Waals surface area (Å²) in [4.78, 5) is 12.6. The molecule has 7 heteroatoms. The number of anilines is 2. The van der Waals surface area contributed by atoms with Gasteiger partial charge in [0.25, 0.3) is 0 Å². The fourth-order valence-electron chi connectivity index (χ4n) is 1.57. The second kappa shape index (κ2) is 7.09. The van der Waals surface area contributed by atoms with Crippen LogP contribution in [0.15, 0.2) is 16.8 Å². The summed E-state index contributed by atoms with van der Waals surface area (Å²) in [5.74, 6) is 2.59. The summed E-state index contributed by atoms with van der Waals surface area (Å²) < 4.78 is 5.51. The molecule has 2 aromatic heterocycles. The third-order valence-electron chi connectivity index (χ3n) is 2.63. The van der Waals surface area contributed by atoms with E-state index in [2.05, 4.69) is 32.5 Å². The average molecular weight is 296 g/mol. The van der Waals surface area contributed by atoms with Crippen molar-refractivity contribution in [1.29, 1.82) is 0 Å². The first-order valence-electron chi connectivity index (χ1n) is 6.66. The highest BCUT2D eigenvalue weighted by Crippen LogP contribution is 2.20. The minimum atomic E-state index is 0.434. The van der Waals surface area contributed by atoms with Crippen molar-refractivity contribution in [2.75, 3.05) is 17.2 Å². The van der Waals surface area contributed by atoms with Crippen LogP contribution in [-0.2, 0) is 13.0 Å². The van der Waals surface area contributed by atoms with Crippen molar-refractivity contribution < 1.29 is 4.42 Å². The van der Waals surface area contributed by atoms with Gasteiger partial charge in [-0.15, -0.1) is 0 Å². The molecule has 2 N–H and O–H groups in total. The highest BCUT2D eigenvalue weighted by Gasteiger charge is 2.07. The Kier molecular flexibility index (Phi) is 5.17. The van der Waals surface area contributed by atoms with Gasteiger partial charge in [0.2, 0.25) is 11.8 Å². The molecule has 0 unspecified atom stereocenters. The first-order chi connectivity index (χ1) is 9.72. The van der Waals surface area contributed by atoms with Crippen LogP contribution in [0.3, 0.4) is 0 Å². The van der Waals surface area contributed by atoms with Gasteiger partial charge in [0.1, 0.15) is 10.8 Å². The zero-order chi connectivity index (χ0) is 14.4. The maximum absolute atomic E-state index is 6.06. The molecule has 0 aliphatic heterocycles. The Morgan fingerprint density at radius 3 is 2.75 bits per heavy atom. The summed E-state index contributed by atoms with van der Waals surface area (Å²) in [6, 6.07) is 0. The van der Waals surface area contributed by atoms with E-state index < -0.39 is 0 Å². The molecule has 108 valence electrons. The number of hydrogen-bond donors (Lipinski definition) is 2. The number of oxazole rings is 1. The fourth-order valence-corrected chi connectivity index (χ4v) is 1.72. The molecule has 2 rings (SSSR count). The summed E-state index contributed by atoms with van der Waals surface area (Å²) >= 11 is 6.06. The van der Waals surface area contributed by atoms with Crippen LogP contribution >= 0.6 is 11.6 Å². The van der Waals surface area contributed by atoms with Crippen molar-refractivity contribution in [1.82, 2.24) is 15.0 Å². The Morgan fingerprint density at radius 2 is 2.05 bits per heavy atom. The number of aromatic nitrogens is 3. The van der Waals surface area contributed by atoms with Gasteiger partial charge in [0.15, 0.2) is 5.82 Å². The fraction of sp³-hybridized carbons (Fsp3) is 0.462. The minimum Gasteiger partial charge on any atom is -0.444 e. The summed E-state index contributed by atoms with van der Waals surface area (Å²) in [6.45, 7) is 5.35. The van der Waals surface area contributed by atoms with E-state index in [4.69, 9.17) is 16.0 Å². The van der Waals surface area contributed by atoms with E-state index in [1.807, 2.05) is 6.92 Å². The Hall–Kier alpha value is -1.82. The third kappa shape index (κ3) is 3.84. The normalized spacial score (nSPS) is 10.6. The lowest BCUT2D eigenvalue weighted by molar-refractivity contribution is 0.465. The predicted molar refractivity (Wildman–Crippen MR) is 79.0 cm³/mol. The molecular weight excluding hydrogens is 278 g/mol. The molecule has 0 fully saturated rings. The van der Waals surface area contributed by atoms with Crippen molar-refractivity contribution in [2.45, 2.75) is 33.2 Å². The van der Waals surface area contributed by atoms with Gasteiger partial charge in [-0.3, -0.25) is 0 Å². The molecule has 0 aliphatic rings. The second-order valence-corrected chi connectivity index (χ2v) is 4.65. The Bertz CT molecular complexity index is 557. The molecule has 0 saturated carbocycles. The highest BCUT2D eigenvalue weighted by molar-refractivity contribution is 6.32. The van der Waals surface area contributed by atoms with Gasteiger partial charge < -0.3 is 15.1 Å². The van der Waals surface area contributed by atoms with E-state index in [9.17, 15) is 0 Å². The van der Waals surface area contributed by atoms with Gasteiger partial charge in [0, 0.05) is 13.0 Å².